The van der Waals surface area contributed by atoms with Gasteiger partial charge in [0.05, 0.1) is 11.4 Å². The number of anilines is 3. The van der Waals surface area contributed by atoms with Crippen LogP contribution in [-0.2, 0) is 4.79 Å². The summed E-state index contributed by atoms with van der Waals surface area (Å²) >= 11 is 4.98. The average molecular weight is 284 g/mol. The van der Waals surface area contributed by atoms with Gasteiger partial charge in [0.15, 0.2) is 0 Å². The van der Waals surface area contributed by atoms with Gasteiger partial charge in [-0.05, 0) is 24.3 Å². The van der Waals surface area contributed by atoms with Gasteiger partial charge in [-0.1, -0.05) is 24.4 Å². The van der Waals surface area contributed by atoms with Gasteiger partial charge in [0, 0.05) is 11.8 Å². The zero-order valence-corrected chi connectivity index (χ0v) is 11.4. The van der Waals surface area contributed by atoms with E-state index in [1.807, 2.05) is 29.2 Å². The number of hydrogen-bond acceptors (Lipinski definition) is 4. The third-order valence-electron chi connectivity index (χ3n) is 3.08. The predicted molar refractivity (Wildman–Crippen MR) is 82.2 cm³/mol. The van der Waals surface area contributed by atoms with Crippen LogP contribution in [-0.4, -0.2) is 22.4 Å². The summed E-state index contributed by atoms with van der Waals surface area (Å²) in [6, 6.07) is 11.1. The highest BCUT2D eigenvalue weighted by Gasteiger charge is 2.23. The van der Waals surface area contributed by atoms with Gasteiger partial charge in [0.25, 0.3) is 0 Å². The first-order valence-electron chi connectivity index (χ1n) is 6.07. The van der Waals surface area contributed by atoms with Gasteiger partial charge in [-0.3, -0.25) is 4.79 Å². The molecule has 0 atom stereocenters. The largest absolute Gasteiger partial charge is 0.389 e. The maximum Gasteiger partial charge on any atom is 0.244 e. The number of amides is 1. The first-order valence-corrected chi connectivity index (χ1v) is 6.48. The number of thiocarbonyl (C=S) groups is 1. The average Bonchev–Trinajstić information content (AvgIpc) is 2.46. The van der Waals surface area contributed by atoms with Crippen LogP contribution >= 0.6 is 12.2 Å². The molecule has 5 nitrogen and oxygen atoms in total. The molecule has 0 unspecified atom stereocenters. The molecule has 0 fully saturated rings. The molecule has 0 bridgehead atoms. The Morgan fingerprint density at radius 2 is 2.15 bits per heavy atom. The van der Waals surface area contributed by atoms with Crippen LogP contribution in [0.25, 0.3) is 0 Å². The number of carbonyl (C=O) groups excluding carboxylic acids is 1. The molecule has 1 aliphatic heterocycles. The van der Waals surface area contributed by atoms with Gasteiger partial charge in [-0.15, -0.1) is 0 Å². The molecule has 0 spiro atoms. The fraction of sp³-hybridized carbons (Fsp3) is 0.0714. The number of para-hydroxylation sites is 2. The fourth-order valence-electron chi connectivity index (χ4n) is 2.16. The van der Waals surface area contributed by atoms with E-state index in [-0.39, 0.29) is 12.5 Å². The third kappa shape index (κ3) is 2.21. The van der Waals surface area contributed by atoms with Gasteiger partial charge in [-0.2, -0.15) is 0 Å². The maximum absolute atomic E-state index is 11.8. The summed E-state index contributed by atoms with van der Waals surface area (Å²) in [5.41, 5.74) is 8.04. The number of pyridine rings is 1. The van der Waals surface area contributed by atoms with Crippen LogP contribution in [0.3, 0.4) is 0 Å². The van der Waals surface area contributed by atoms with Gasteiger partial charge in [0.2, 0.25) is 5.91 Å². The summed E-state index contributed by atoms with van der Waals surface area (Å²) in [4.78, 5) is 18.3. The molecular weight excluding hydrogens is 272 g/mol. The lowest BCUT2D eigenvalue weighted by molar-refractivity contribution is -0.115. The molecule has 1 aromatic carbocycles. The van der Waals surface area contributed by atoms with E-state index in [9.17, 15) is 4.79 Å². The summed E-state index contributed by atoms with van der Waals surface area (Å²) < 4.78 is 0. The van der Waals surface area contributed by atoms with Crippen molar-refractivity contribution in [1.29, 1.82) is 0 Å². The number of nitrogens with two attached hydrogens (primary N) is 1. The number of nitrogens with one attached hydrogen (secondary N) is 1. The Morgan fingerprint density at radius 1 is 1.35 bits per heavy atom. The Balaban J connectivity index is 2.08. The van der Waals surface area contributed by atoms with E-state index in [4.69, 9.17) is 18.0 Å². The minimum absolute atomic E-state index is 0.0776. The van der Waals surface area contributed by atoms with E-state index in [1.54, 1.807) is 18.3 Å². The Bertz CT molecular complexity index is 701. The number of benzene rings is 1. The lowest BCUT2D eigenvalue weighted by Crippen LogP contribution is -2.35. The van der Waals surface area contributed by atoms with Crippen molar-refractivity contribution in [2.75, 3.05) is 16.8 Å². The predicted octanol–water partition coefficient (Wildman–Crippen LogP) is 1.81. The highest BCUT2D eigenvalue weighted by atomic mass is 32.1. The third-order valence-corrected chi connectivity index (χ3v) is 3.31. The van der Waals surface area contributed by atoms with Crippen molar-refractivity contribution in [1.82, 2.24) is 4.98 Å². The molecule has 20 heavy (non-hydrogen) atoms. The molecule has 1 aromatic heterocycles. The van der Waals surface area contributed by atoms with E-state index < -0.39 is 0 Å². The number of aromatic nitrogens is 1. The van der Waals surface area contributed by atoms with Crippen molar-refractivity contribution in [2.45, 2.75) is 0 Å². The van der Waals surface area contributed by atoms with Crippen LogP contribution in [0.4, 0.5) is 17.2 Å². The molecule has 3 rings (SSSR count). The molecular formula is C14H12N4OS. The number of carbonyl (C=O) groups is 1. The Labute approximate surface area is 121 Å². The van der Waals surface area contributed by atoms with Gasteiger partial charge >= 0.3 is 0 Å². The minimum Gasteiger partial charge on any atom is -0.389 e. The molecule has 0 saturated carbocycles. The highest BCUT2D eigenvalue weighted by molar-refractivity contribution is 7.80. The Morgan fingerprint density at radius 3 is 2.95 bits per heavy atom. The van der Waals surface area contributed by atoms with Crippen molar-refractivity contribution in [3.05, 3.63) is 48.2 Å². The minimum atomic E-state index is -0.0776. The molecule has 1 aliphatic rings. The van der Waals surface area contributed by atoms with Crippen molar-refractivity contribution < 1.29 is 4.79 Å². The van der Waals surface area contributed by atoms with E-state index in [2.05, 4.69) is 10.3 Å². The molecule has 2 aromatic rings. The van der Waals surface area contributed by atoms with Crippen LogP contribution in [0.2, 0.25) is 0 Å². The molecule has 0 radical (unpaired) electrons. The van der Waals surface area contributed by atoms with Crippen LogP contribution in [0.15, 0.2) is 42.6 Å². The normalized spacial score (nSPS) is 13.6. The first kappa shape index (κ1) is 12.6. The topological polar surface area (TPSA) is 71.2 Å². The second kappa shape index (κ2) is 4.90. The maximum atomic E-state index is 11.8. The van der Waals surface area contributed by atoms with Gasteiger partial charge < -0.3 is 16.0 Å². The van der Waals surface area contributed by atoms with E-state index in [0.717, 1.165) is 16.9 Å². The fourth-order valence-corrected chi connectivity index (χ4v) is 2.28. The van der Waals surface area contributed by atoms with Gasteiger partial charge in [0.1, 0.15) is 17.4 Å². The zero-order valence-electron chi connectivity index (χ0n) is 10.5. The summed E-state index contributed by atoms with van der Waals surface area (Å²) in [5, 5.41) is 2.84. The van der Waals surface area contributed by atoms with Crippen LogP contribution in [0.1, 0.15) is 5.56 Å². The lowest BCUT2D eigenvalue weighted by Gasteiger charge is -2.30. The molecule has 1 amide bonds. The number of nitrogens with zero attached hydrogens (tertiary/aromatic N) is 2. The SMILES string of the molecule is NC(=S)c1ccnc(N2CC(=O)Nc3ccccc32)c1. The summed E-state index contributed by atoms with van der Waals surface area (Å²) in [7, 11) is 0. The van der Waals surface area contributed by atoms with Crippen molar-refractivity contribution >= 4 is 40.3 Å². The quantitative estimate of drug-likeness (QED) is 0.823. The summed E-state index contributed by atoms with van der Waals surface area (Å²) in [6.45, 7) is 0.213. The zero-order chi connectivity index (χ0) is 14.1. The second-order valence-electron chi connectivity index (χ2n) is 4.42. The van der Waals surface area contributed by atoms with Crippen LogP contribution in [0, 0.1) is 0 Å². The molecule has 0 aliphatic carbocycles. The van der Waals surface area contributed by atoms with Gasteiger partial charge in [-0.25, -0.2) is 4.98 Å². The number of hydrogen-bond donors (Lipinski definition) is 2. The Hall–Kier alpha value is -2.47. The van der Waals surface area contributed by atoms with Crippen molar-refractivity contribution in [3.63, 3.8) is 0 Å². The van der Waals surface area contributed by atoms with Crippen LogP contribution < -0.4 is 16.0 Å². The molecule has 3 N–H and O–H groups in total. The van der Waals surface area contributed by atoms with E-state index >= 15 is 0 Å². The standard InChI is InChI=1S/C14H12N4OS/c15-14(20)9-5-6-16-12(7-9)18-8-13(19)17-10-3-1-2-4-11(10)18/h1-7H,8H2,(H2,15,20)(H,17,19). The number of rotatable bonds is 2. The van der Waals surface area contributed by atoms with Crippen molar-refractivity contribution in [3.8, 4) is 0 Å². The summed E-state index contributed by atoms with van der Waals surface area (Å²) in [6.07, 6.45) is 1.64. The lowest BCUT2D eigenvalue weighted by atomic mass is 10.1. The summed E-state index contributed by atoms with van der Waals surface area (Å²) in [5.74, 6) is 0.573. The molecule has 100 valence electrons. The Kier molecular flexibility index (Phi) is 3.08. The molecule has 0 saturated heterocycles. The monoisotopic (exact) mass is 284 g/mol. The van der Waals surface area contributed by atoms with Crippen LogP contribution in [0.5, 0.6) is 0 Å². The first-order chi connectivity index (χ1) is 9.65. The van der Waals surface area contributed by atoms with Crippen molar-refractivity contribution in [2.24, 2.45) is 5.73 Å². The smallest absolute Gasteiger partial charge is 0.244 e. The highest BCUT2D eigenvalue weighted by Crippen LogP contribution is 2.33. The molecule has 6 heteroatoms. The second-order valence-corrected chi connectivity index (χ2v) is 4.86. The van der Waals surface area contributed by atoms with E-state index in [0.29, 0.717) is 10.8 Å². The molecule has 2 heterocycles. The van der Waals surface area contributed by atoms with E-state index in [1.165, 1.54) is 0 Å². The number of fused-ring (bicyclic) bond motifs is 1.